The molecule has 154 valence electrons. The molecule has 1 N–H and O–H groups in total. The average molecular weight is 408 g/mol. The minimum absolute atomic E-state index is 0.122. The first-order valence-corrected chi connectivity index (χ1v) is 9.55. The molecule has 0 bridgehead atoms. The molecule has 0 saturated carbocycles. The summed E-state index contributed by atoms with van der Waals surface area (Å²) in [6.45, 7) is 1.67. The van der Waals surface area contributed by atoms with Crippen LogP contribution in [0.1, 0.15) is 47.5 Å². The summed E-state index contributed by atoms with van der Waals surface area (Å²) in [5.74, 6) is -0.376. The number of nitrogens with zero attached hydrogens (tertiary/aromatic N) is 3. The normalized spacial score (nSPS) is 17.7. The van der Waals surface area contributed by atoms with Gasteiger partial charge in [0.25, 0.3) is 5.56 Å². The van der Waals surface area contributed by atoms with E-state index in [0.717, 1.165) is 43.7 Å². The number of rotatable bonds is 3. The molecule has 2 aliphatic heterocycles. The molecule has 3 heterocycles. The highest BCUT2D eigenvalue weighted by atomic mass is 19.4. The standard InChI is InChI=1S/C20H20F4N4O/c21-15-9-13(20(22,23)24)5-4-12(15)10-28-8-6-16-14(11-28)19(29)27-18(26-16)17-3-1-2-7-25-17/h4-5,9H,1-3,6-8,10-11H2,(H,26,27,29). The van der Waals surface area contributed by atoms with Gasteiger partial charge in [-0.15, -0.1) is 0 Å². The lowest BCUT2D eigenvalue weighted by Crippen LogP contribution is -2.36. The zero-order chi connectivity index (χ0) is 20.6. The highest BCUT2D eigenvalue weighted by Gasteiger charge is 2.31. The Morgan fingerprint density at radius 2 is 2.00 bits per heavy atom. The third-order valence-electron chi connectivity index (χ3n) is 5.32. The second kappa shape index (κ2) is 7.70. The smallest absolute Gasteiger partial charge is 0.305 e. The number of halogens is 4. The molecule has 0 spiro atoms. The van der Waals surface area contributed by atoms with Gasteiger partial charge in [-0.2, -0.15) is 13.2 Å². The van der Waals surface area contributed by atoms with E-state index in [0.29, 0.717) is 36.1 Å². The van der Waals surface area contributed by atoms with E-state index in [-0.39, 0.29) is 24.2 Å². The number of hydrogen-bond donors (Lipinski definition) is 1. The second-order valence-corrected chi connectivity index (χ2v) is 7.39. The van der Waals surface area contributed by atoms with Crippen LogP contribution in [0.15, 0.2) is 28.0 Å². The minimum atomic E-state index is -4.58. The van der Waals surface area contributed by atoms with E-state index in [2.05, 4.69) is 15.0 Å². The Balaban J connectivity index is 1.52. The Bertz CT molecular complexity index is 1010. The molecule has 4 rings (SSSR count). The topological polar surface area (TPSA) is 61.4 Å². The van der Waals surface area contributed by atoms with Crippen molar-refractivity contribution in [2.24, 2.45) is 4.99 Å². The van der Waals surface area contributed by atoms with Crippen molar-refractivity contribution in [3.05, 3.63) is 62.6 Å². The fourth-order valence-electron chi connectivity index (χ4n) is 3.74. The predicted molar refractivity (Wildman–Crippen MR) is 99.3 cm³/mol. The second-order valence-electron chi connectivity index (χ2n) is 7.39. The summed E-state index contributed by atoms with van der Waals surface area (Å²) < 4.78 is 52.3. The van der Waals surface area contributed by atoms with Gasteiger partial charge in [-0.25, -0.2) is 9.37 Å². The van der Waals surface area contributed by atoms with Crippen molar-refractivity contribution in [2.45, 2.75) is 44.9 Å². The van der Waals surface area contributed by atoms with Crippen LogP contribution in [0, 0.1) is 5.82 Å². The molecule has 0 radical (unpaired) electrons. The van der Waals surface area contributed by atoms with Gasteiger partial charge in [-0.05, 0) is 31.4 Å². The fourth-order valence-corrected chi connectivity index (χ4v) is 3.74. The third-order valence-corrected chi connectivity index (χ3v) is 5.32. The lowest BCUT2D eigenvalue weighted by atomic mass is 10.0. The van der Waals surface area contributed by atoms with Crippen molar-refractivity contribution < 1.29 is 17.6 Å². The van der Waals surface area contributed by atoms with Gasteiger partial charge in [-0.1, -0.05) is 6.07 Å². The third kappa shape index (κ3) is 4.24. The van der Waals surface area contributed by atoms with Gasteiger partial charge >= 0.3 is 6.18 Å². The van der Waals surface area contributed by atoms with E-state index in [4.69, 9.17) is 0 Å². The monoisotopic (exact) mass is 408 g/mol. The summed E-state index contributed by atoms with van der Waals surface area (Å²) in [6, 6.07) is 2.54. The van der Waals surface area contributed by atoms with Crippen molar-refractivity contribution in [3.8, 4) is 0 Å². The Morgan fingerprint density at radius 1 is 1.17 bits per heavy atom. The molecule has 0 aliphatic carbocycles. The van der Waals surface area contributed by atoms with Crippen molar-refractivity contribution in [3.63, 3.8) is 0 Å². The lowest BCUT2D eigenvalue weighted by molar-refractivity contribution is -0.137. The first-order valence-electron chi connectivity index (χ1n) is 9.55. The van der Waals surface area contributed by atoms with Gasteiger partial charge in [0.1, 0.15) is 5.82 Å². The van der Waals surface area contributed by atoms with E-state index < -0.39 is 17.6 Å². The van der Waals surface area contributed by atoms with Gasteiger partial charge in [0.2, 0.25) is 0 Å². The number of nitrogens with one attached hydrogen (secondary N) is 1. The van der Waals surface area contributed by atoms with E-state index in [1.807, 2.05) is 4.90 Å². The summed E-state index contributed by atoms with van der Waals surface area (Å²) in [4.78, 5) is 26.2. The van der Waals surface area contributed by atoms with Crippen molar-refractivity contribution in [1.82, 2.24) is 14.9 Å². The van der Waals surface area contributed by atoms with E-state index in [1.165, 1.54) is 0 Å². The number of hydrogen-bond acceptors (Lipinski definition) is 4. The van der Waals surface area contributed by atoms with Crippen LogP contribution in [0.3, 0.4) is 0 Å². The SMILES string of the molecule is O=c1[nH]c(C2=NCCCC2)nc2c1CN(Cc1ccc(C(F)(F)F)cc1F)CC2. The summed E-state index contributed by atoms with van der Waals surface area (Å²) in [7, 11) is 0. The highest BCUT2D eigenvalue weighted by molar-refractivity contribution is 5.97. The van der Waals surface area contributed by atoms with Crippen LogP contribution in [-0.2, 0) is 25.7 Å². The number of H-pyrrole nitrogens is 1. The van der Waals surface area contributed by atoms with Crippen LogP contribution in [0.5, 0.6) is 0 Å². The summed E-state index contributed by atoms with van der Waals surface area (Å²) in [5.41, 5.74) is 0.965. The van der Waals surface area contributed by atoms with Crippen LogP contribution in [-0.4, -0.2) is 33.7 Å². The molecule has 2 aromatic rings. The van der Waals surface area contributed by atoms with E-state index >= 15 is 0 Å². The van der Waals surface area contributed by atoms with Gasteiger partial charge < -0.3 is 4.98 Å². The zero-order valence-electron chi connectivity index (χ0n) is 15.7. The molecular weight excluding hydrogens is 388 g/mol. The predicted octanol–water partition coefficient (Wildman–Crippen LogP) is 3.46. The first kappa shape index (κ1) is 19.8. The number of aliphatic imine (C=N–C) groups is 1. The molecular formula is C20H20F4N4O. The molecule has 1 aromatic carbocycles. The van der Waals surface area contributed by atoms with Crippen molar-refractivity contribution in [1.29, 1.82) is 0 Å². The Kier molecular flexibility index (Phi) is 5.24. The van der Waals surface area contributed by atoms with Crippen LogP contribution < -0.4 is 5.56 Å². The Hall–Kier alpha value is -2.55. The zero-order valence-corrected chi connectivity index (χ0v) is 15.7. The lowest BCUT2D eigenvalue weighted by Gasteiger charge is -2.28. The molecule has 0 atom stereocenters. The number of benzene rings is 1. The largest absolute Gasteiger partial charge is 0.416 e. The van der Waals surface area contributed by atoms with Gasteiger partial charge in [-0.3, -0.25) is 14.7 Å². The van der Waals surface area contributed by atoms with Crippen LogP contribution in [0.25, 0.3) is 0 Å². The quantitative estimate of drug-likeness (QED) is 0.792. The average Bonchev–Trinajstić information content (AvgIpc) is 2.69. The molecule has 5 nitrogen and oxygen atoms in total. The molecule has 0 saturated heterocycles. The van der Waals surface area contributed by atoms with E-state index in [1.54, 1.807) is 0 Å². The number of alkyl halides is 3. The maximum atomic E-state index is 14.1. The highest BCUT2D eigenvalue weighted by Crippen LogP contribution is 2.30. The summed E-state index contributed by atoms with van der Waals surface area (Å²) >= 11 is 0. The van der Waals surface area contributed by atoms with E-state index in [9.17, 15) is 22.4 Å². The van der Waals surface area contributed by atoms with Crippen LogP contribution in [0.2, 0.25) is 0 Å². The summed E-state index contributed by atoms with van der Waals surface area (Å²) in [5, 5.41) is 0. The van der Waals surface area contributed by atoms with Gasteiger partial charge in [0.15, 0.2) is 5.82 Å². The maximum Gasteiger partial charge on any atom is 0.416 e. The fraction of sp³-hybridized carbons (Fsp3) is 0.450. The molecule has 0 unspecified atom stereocenters. The van der Waals surface area contributed by atoms with Crippen LogP contribution >= 0.6 is 0 Å². The molecule has 0 fully saturated rings. The van der Waals surface area contributed by atoms with Crippen LogP contribution in [0.4, 0.5) is 17.6 Å². The first-order chi connectivity index (χ1) is 13.8. The summed E-state index contributed by atoms with van der Waals surface area (Å²) in [6.07, 6.45) is -1.22. The Morgan fingerprint density at radius 3 is 2.69 bits per heavy atom. The number of fused-ring (bicyclic) bond motifs is 1. The van der Waals surface area contributed by atoms with Gasteiger partial charge in [0.05, 0.1) is 22.5 Å². The Labute approximate surface area is 164 Å². The molecule has 29 heavy (non-hydrogen) atoms. The van der Waals surface area contributed by atoms with Crippen molar-refractivity contribution in [2.75, 3.05) is 13.1 Å². The maximum absolute atomic E-state index is 14.1. The van der Waals surface area contributed by atoms with Gasteiger partial charge in [0, 0.05) is 38.2 Å². The number of aromatic nitrogens is 2. The molecule has 9 heteroatoms. The molecule has 2 aliphatic rings. The van der Waals surface area contributed by atoms with Crippen molar-refractivity contribution >= 4 is 5.71 Å². The minimum Gasteiger partial charge on any atom is -0.305 e. The number of aromatic amines is 1. The molecule has 0 amide bonds. The molecule has 1 aromatic heterocycles.